The number of benzene rings is 1. The maximum absolute atomic E-state index is 6.22. The van der Waals surface area contributed by atoms with Gasteiger partial charge in [0.25, 0.3) is 0 Å². The van der Waals surface area contributed by atoms with Crippen molar-refractivity contribution in [2.45, 2.75) is 37.5 Å². The molecule has 0 saturated heterocycles. The average Bonchev–Trinajstić information content (AvgIpc) is 2.10. The van der Waals surface area contributed by atoms with Crippen molar-refractivity contribution in [1.29, 1.82) is 0 Å². The highest BCUT2D eigenvalue weighted by Gasteiger charge is 2.30. The Morgan fingerprint density at radius 3 is 2.71 bits per heavy atom. The van der Waals surface area contributed by atoms with E-state index in [0.29, 0.717) is 0 Å². The quantitative estimate of drug-likeness (QED) is 0.631. The van der Waals surface area contributed by atoms with Gasteiger partial charge >= 0.3 is 0 Å². The lowest BCUT2D eigenvalue weighted by atomic mass is 9.79. The maximum Gasteiger partial charge on any atom is 0.0545 e. The Balaban J connectivity index is 2.67. The molecule has 0 N–H and O–H groups in total. The molecule has 1 heterocycles. The lowest BCUT2D eigenvalue weighted by Crippen LogP contribution is -2.24. The van der Waals surface area contributed by atoms with Crippen LogP contribution in [0.5, 0.6) is 0 Å². The molecule has 0 aliphatic carbocycles. The maximum atomic E-state index is 6.22. The molecular weight excluding hydrogens is 212 g/mol. The third-order valence-electron chi connectivity index (χ3n) is 2.97. The summed E-state index contributed by atoms with van der Waals surface area (Å²) < 4.78 is 0. The smallest absolute Gasteiger partial charge is 0.0545 e. The highest BCUT2D eigenvalue weighted by atomic mass is 35.5. The second-order valence-electron chi connectivity index (χ2n) is 4.55. The van der Waals surface area contributed by atoms with Gasteiger partial charge in [-0.1, -0.05) is 31.5 Å². The second-order valence-corrected chi connectivity index (χ2v) is 6.06. The van der Waals surface area contributed by atoms with Gasteiger partial charge in [-0.2, -0.15) is 0 Å². The fraction of sp³-hybridized carbons (Fsp3) is 0.500. The van der Waals surface area contributed by atoms with Crippen LogP contribution < -0.4 is 0 Å². The third-order valence-corrected chi connectivity index (χ3v) is 4.52. The number of hydrogen-bond donors (Lipinski definition) is 0. The highest BCUT2D eigenvalue weighted by molar-refractivity contribution is 7.99. The van der Waals surface area contributed by atoms with Gasteiger partial charge in [-0.25, -0.2) is 0 Å². The largest absolute Gasteiger partial charge is 0.124 e. The van der Waals surface area contributed by atoms with E-state index in [1.165, 1.54) is 28.2 Å². The Hall–Kier alpha value is -0.140. The summed E-state index contributed by atoms with van der Waals surface area (Å²) in [4.78, 5) is 1.31. The molecule has 0 unspecified atom stereocenters. The van der Waals surface area contributed by atoms with Crippen LogP contribution in [0.15, 0.2) is 17.0 Å². The standard InChI is InChI=1S/C12H15ClS/c1-8-4-5-9(13)11-10(8)12(2,3)6-7-14-11/h4-5H,6-7H2,1-3H3. The molecule has 0 amide bonds. The number of fused-ring (bicyclic) bond motifs is 1. The Morgan fingerprint density at radius 2 is 2.07 bits per heavy atom. The molecule has 0 saturated carbocycles. The Bertz CT molecular complexity index is 369. The lowest BCUT2D eigenvalue weighted by molar-refractivity contribution is 0.491. The lowest BCUT2D eigenvalue weighted by Gasteiger charge is -2.34. The molecule has 1 aliphatic rings. The highest BCUT2D eigenvalue weighted by Crippen LogP contribution is 2.46. The Labute approximate surface area is 95.0 Å². The molecule has 0 spiro atoms. The van der Waals surface area contributed by atoms with Crippen LogP contribution in [0.4, 0.5) is 0 Å². The van der Waals surface area contributed by atoms with Gasteiger partial charge in [-0.3, -0.25) is 0 Å². The Kier molecular flexibility index (Phi) is 2.57. The van der Waals surface area contributed by atoms with Gasteiger partial charge < -0.3 is 0 Å². The van der Waals surface area contributed by atoms with Crippen LogP contribution >= 0.6 is 23.4 Å². The van der Waals surface area contributed by atoms with E-state index in [1.807, 2.05) is 17.8 Å². The van der Waals surface area contributed by atoms with Crippen LogP contribution in [-0.4, -0.2) is 5.75 Å². The van der Waals surface area contributed by atoms with Crippen LogP contribution in [0.25, 0.3) is 0 Å². The third kappa shape index (κ3) is 1.57. The van der Waals surface area contributed by atoms with Gasteiger partial charge in [0.05, 0.1) is 5.02 Å². The molecule has 0 nitrogen and oxygen atoms in total. The second kappa shape index (κ2) is 3.46. The zero-order valence-corrected chi connectivity index (χ0v) is 10.4. The monoisotopic (exact) mass is 226 g/mol. The molecule has 1 aromatic carbocycles. The fourth-order valence-electron chi connectivity index (χ4n) is 2.17. The number of thioether (sulfide) groups is 1. The van der Waals surface area contributed by atoms with E-state index >= 15 is 0 Å². The van der Waals surface area contributed by atoms with E-state index in [-0.39, 0.29) is 5.41 Å². The minimum absolute atomic E-state index is 0.287. The first-order valence-electron chi connectivity index (χ1n) is 4.95. The summed E-state index contributed by atoms with van der Waals surface area (Å²) in [7, 11) is 0. The molecule has 0 aromatic heterocycles. The normalized spacial score (nSPS) is 19.1. The number of hydrogen-bond acceptors (Lipinski definition) is 1. The molecular formula is C12H15ClS. The molecule has 0 fully saturated rings. The number of aryl methyl sites for hydroxylation is 1. The zero-order valence-electron chi connectivity index (χ0n) is 8.86. The van der Waals surface area contributed by atoms with Crippen LogP contribution in [-0.2, 0) is 5.41 Å². The first-order valence-corrected chi connectivity index (χ1v) is 6.31. The molecule has 76 valence electrons. The summed E-state index contributed by atoms with van der Waals surface area (Å²) in [5.74, 6) is 1.18. The summed E-state index contributed by atoms with van der Waals surface area (Å²) in [6.45, 7) is 6.81. The summed E-state index contributed by atoms with van der Waals surface area (Å²) in [6.07, 6.45) is 1.24. The molecule has 1 aliphatic heterocycles. The molecule has 1 aromatic rings. The van der Waals surface area contributed by atoms with E-state index in [4.69, 9.17) is 11.6 Å². The summed E-state index contributed by atoms with van der Waals surface area (Å²) in [5.41, 5.74) is 3.12. The van der Waals surface area contributed by atoms with Gasteiger partial charge in [0, 0.05) is 4.90 Å². The van der Waals surface area contributed by atoms with Crippen molar-refractivity contribution >= 4 is 23.4 Å². The van der Waals surface area contributed by atoms with Gasteiger partial charge in [-0.05, 0) is 41.7 Å². The first kappa shape index (κ1) is 10.4. The van der Waals surface area contributed by atoms with E-state index in [1.54, 1.807) is 0 Å². The van der Waals surface area contributed by atoms with Gasteiger partial charge in [0.1, 0.15) is 0 Å². The molecule has 2 heteroatoms. The van der Waals surface area contributed by atoms with Gasteiger partial charge in [0.15, 0.2) is 0 Å². The van der Waals surface area contributed by atoms with Crippen LogP contribution in [0.1, 0.15) is 31.4 Å². The summed E-state index contributed by atoms with van der Waals surface area (Å²) in [5, 5.41) is 0.920. The average molecular weight is 227 g/mol. The SMILES string of the molecule is Cc1ccc(Cl)c2c1C(C)(C)CCS2. The van der Waals surface area contributed by atoms with E-state index in [9.17, 15) is 0 Å². The van der Waals surface area contributed by atoms with Crippen molar-refractivity contribution in [3.05, 3.63) is 28.3 Å². The zero-order chi connectivity index (χ0) is 10.3. The van der Waals surface area contributed by atoms with Crippen LogP contribution in [0, 0.1) is 6.92 Å². The molecule has 0 bridgehead atoms. The van der Waals surface area contributed by atoms with Crippen molar-refractivity contribution in [2.24, 2.45) is 0 Å². The molecule has 14 heavy (non-hydrogen) atoms. The van der Waals surface area contributed by atoms with E-state index in [0.717, 1.165) is 5.02 Å². The van der Waals surface area contributed by atoms with Crippen molar-refractivity contribution < 1.29 is 0 Å². The topological polar surface area (TPSA) is 0 Å². The fourth-order valence-corrected chi connectivity index (χ4v) is 4.10. The van der Waals surface area contributed by atoms with Gasteiger partial charge in [0.2, 0.25) is 0 Å². The van der Waals surface area contributed by atoms with E-state index < -0.39 is 0 Å². The van der Waals surface area contributed by atoms with Crippen LogP contribution in [0.3, 0.4) is 0 Å². The van der Waals surface area contributed by atoms with Crippen molar-refractivity contribution in [3.63, 3.8) is 0 Å². The van der Waals surface area contributed by atoms with Crippen LogP contribution in [0.2, 0.25) is 5.02 Å². The van der Waals surface area contributed by atoms with Crippen molar-refractivity contribution in [3.8, 4) is 0 Å². The Morgan fingerprint density at radius 1 is 1.36 bits per heavy atom. The molecule has 0 atom stereocenters. The van der Waals surface area contributed by atoms with Gasteiger partial charge in [-0.15, -0.1) is 11.8 Å². The number of halogens is 1. The molecule has 0 radical (unpaired) electrons. The minimum Gasteiger partial charge on any atom is -0.124 e. The predicted molar refractivity (Wildman–Crippen MR) is 64.6 cm³/mol. The van der Waals surface area contributed by atoms with Crippen molar-refractivity contribution in [1.82, 2.24) is 0 Å². The first-order chi connectivity index (χ1) is 6.52. The predicted octanol–water partition coefficient (Wildman–Crippen LogP) is 4.42. The number of rotatable bonds is 0. The minimum atomic E-state index is 0.287. The molecule has 2 rings (SSSR count). The summed E-state index contributed by atoms with van der Waals surface area (Å²) in [6, 6.07) is 4.15. The summed E-state index contributed by atoms with van der Waals surface area (Å²) >= 11 is 8.12. The van der Waals surface area contributed by atoms with E-state index in [2.05, 4.69) is 26.8 Å². The van der Waals surface area contributed by atoms with Crippen molar-refractivity contribution in [2.75, 3.05) is 5.75 Å².